The number of aromatic nitrogens is 1. The molecule has 6 heteroatoms. The average Bonchev–Trinajstić information content (AvgIpc) is 2.26. The lowest BCUT2D eigenvalue weighted by Crippen LogP contribution is -1.96. The first kappa shape index (κ1) is 10.8. The molecule has 1 aromatic carbocycles. The van der Waals surface area contributed by atoms with E-state index in [9.17, 15) is 12.3 Å². The summed E-state index contributed by atoms with van der Waals surface area (Å²) >= 11 is 0. The van der Waals surface area contributed by atoms with Crippen LogP contribution in [0.2, 0.25) is 0 Å². The minimum absolute atomic E-state index is 0.373. The van der Waals surface area contributed by atoms with E-state index in [1.807, 2.05) is 0 Å². The van der Waals surface area contributed by atoms with Crippen molar-refractivity contribution in [3.8, 4) is 5.75 Å². The highest BCUT2D eigenvalue weighted by Crippen LogP contribution is 2.21. The first-order valence-electron chi connectivity index (χ1n) is 4.40. The summed E-state index contributed by atoms with van der Waals surface area (Å²) in [6.45, 7) is 0. The van der Waals surface area contributed by atoms with E-state index >= 15 is 0 Å². The zero-order valence-electron chi connectivity index (χ0n) is 8.34. The molecule has 0 fully saturated rings. The molecule has 2 rings (SSSR count). The zero-order valence-corrected chi connectivity index (χ0v) is 9.16. The molecule has 84 valence electrons. The smallest absolute Gasteiger partial charge is 0.349 e. The molecule has 1 heterocycles. The Morgan fingerprint density at radius 2 is 1.94 bits per heavy atom. The predicted molar refractivity (Wildman–Crippen MR) is 56.6 cm³/mol. The van der Waals surface area contributed by atoms with Crippen LogP contribution in [0.15, 0.2) is 35.4 Å². The molecular formula is C10H8FNO3S. The van der Waals surface area contributed by atoms with Crippen molar-refractivity contribution in [3.63, 3.8) is 0 Å². The van der Waals surface area contributed by atoms with Crippen LogP contribution >= 0.6 is 0 Å². The molecule has 0 N–H and O–H groups in total. The second-order valence-electron chi connectivity index (χ2n) is 3.15. The third kappa shape index (κ3) is 1.96. The lowest BCUT2D eigenvalue weighted by molar-refractivity contribution is 0.415. The van der Waals surface area contributed by atoms with E-state index < -0.39 is 15.2 Å². The van der Waals surface area contributed by atoms with Gasteiger partial charge in [-0.15, -0.1) is 0 Å². The fourth-order valence-electron chi connectivity index (χ4n) is 1.34. The number of halogens is 1. The number of hydrogen-bond donors (Lipinski definition) is 0. The van der Waals surface area contributed by atoms with Crippen molar-refractivity contribution in [2.75, 3.05) is 7.11 Å². The molecule has 0 bridgehead atoms. The predicted octanol–water partition coefficient (Wildman–Crippen LogP) is 1.90. The van der Waals surface area contributed by atoms with Gasteiger partial charge in [0.1, 0.15) is 5.75 Å². The van der Waals surface area contributed by atoms with Gasteiger partial charge in [0.15, 0.2) is 5.03 Å². The second kappa shape index (κ2) is 3.71. The number of hydrogen-bond acceptors (Lipinski definition) is 4. The van der Waals surface area contributed by atoms with E-state index in [-0.39, 0.29) is 0 Å². The van der Waals surface area contributed by atoms with Gasteiger partial charge in [0.25, 0.3) is 0 Å². The molecule has 0 amide bonds. The van der Waals surface area contributed by atoms with Crippen molar-refractivity contribution < 1.29 is 17.0 Å². The quantitative estimate of drug-likeness (QED) is 0.753. The number of pyridine rings is 1. The van der Waals surface area contributed by atoms with Crippen molar-refractivity contribution >= 4 is 21.1 Å². The van der Waals surface area contributed by atoms with E-state index in [0.717, 1.165) is 6.07 Å². The summed E-state index contributed by atoms with van der Waals surface area (Å²) in [6.07, 6.45) is 0. The van der Waals surface area contributed by atoms with Crippen LogP contribution < -0.4 is 4.74 Å². The molecule has 1 aromatic heterocycles. The second-order valence-corrected chi connectivity index (χ2v) is 4.44. The Bertz CT molecular complexity index is 640. The van der Waals surface area contributed by atoms with Gasteiger partial charge in [-0.25, -0.2) is 4.98 Å². The van der Waals surface area contributed by atoms with Gasteiger partial charge in [0.2, 0.25) is 0 Å². The molecule has 4 nitrogen and oxygen atoms in total. The van der Waals surface area contributed by atoms with Crippen LogP contribution in [0.25, 0.3) is 10.9 Å². The van der Waals surface area contributed by atoms with Crippen LogP contribution in [0.3, 0.4) is 0 Å². The van der Waals surface area contributed by atoms with Crippen LogP contribution in [0.4, 0.5) is 3.89 Å². The third-order valence-electron chi connectivity index (χ3n) is 2.12. The molecular weight excluding hydrogens is 233 g/mol. The highest BCUT2D eigenvalue weighted by molar-refractivity contribution is 7.86. The number of ether oxygens (including phenoxy) is 1. The molecule has 16 heavy (non-hydrogen) atoms. The largest absolute Gasteiger partial charge is 0.497 e. The third-order valence-corrected chi connectivity index (χ3v) is 2.85. The normalized spacial score (nSPS) is 11.6. The number of nitrogens with zero attached hydrogens (tertiary/aromatic N) is 1. The Morgan fingerprint density at radius 3 is 2.56 bits per heavy atom. The monoisotopic (exact) mass is 241 g/mol. The summed E-state index contributed by atoms with van der Waals surface area (Å²) < 4.78 is 39.0. The SMILES string of the molecule is COc1ccc2ccc(S(=O)(=O)F)nc2c1. The van der Waals surface area contributed by atoms with Gasteiger partial charge >= 0.3 is 10.2 Å². The highest BCUT2D eigenvalue weighted by atomic mass is 32.3. The van der Waals surface area contributed by atoms with Gasteiger partial charge in [0.05, 0.1) is 12.6 Å². The van der Waals surface area contributed by atoms with Crippen LogP contribution in [0, 0.1) is 0 Å². The van der Waals surface area contributed by atoms with Gasteiger partial charge < -0.3 is 4.74 Å². The van der Waals surface area contributed by atoms with E-state index in [1.165, 1.54) is 13.2 Å². The number of methoxy groups -OCH3 is 1. The fraction of sp³-hybridized carbons (Fsp3) is 0.100. The van der Waals surface area contributed by atoms with E-state index in [0.29, 0.717) is 16.7 Å². The molecule has 0 aliphatic rings. The van der Waals surface area contributed by atoms with Gasteiger partial charge in [-0.05, 0) is 24.3 Å². The Balaban J connectivity index is 2.69. The Hall–Kier alpha value is -1.69. The minimum atomic E-state index is -4.77. The van der Waals surface area contributed by atoms with Crippen molar-refractivity contribution in [1.82, 2.24) is 4.98 Å². The summed E-state index contributed by atoms with van der Waals surface area (Å²) in [4.78, 5) is 3.71. The number of rotatable bonds is 2. The van der Waals surface area contributed by atoms with Crippen molar-refractivity contribution in [2.45, 2.75) is 5.03 Å². The fourth-order valence-corrected chi connectivity index (χ4v) is 1.78. The summed E-state index contributed by atoms with van der Waals surface area (Å²) in [6, 6.07) is 7.60. The molecule has 0 aliphatic carbocycles. The summed E-state index contributed by atoms with van der Waals surface area (Å²) in [5.41, 5.74) is 0.373. The van der Waals surface area contributed by atoms with Crippen molar-refractivity contribution in [3.05, 3.63) is 30.3 Å². The topological polar surface area (TPSA) is 56.3 Å². The van der Waals surface area contributed by atoms with Gasteiger partial charge in [-0.3, -0.25) is 0 Å². The standard InChI is InChI=1S/C10H8FNO3S/c1-15-8-4-2-7-3-5-10(16(11,13)14)12-9(7)6-8/h2-6H,1H3. The van der Waals surface area contributed by atoms with E-state index in [2.05, 4.69) is 4.98 Å². The van der Waals surface area contributed by atoms with E-state index in [1.54, 1.807) is 18.2 Å². The van der Waals surface area contributed by atoms with Crippen molar-refractivity contribution in [2.24, 2.45) is 0 Å². The molecule has 0 atom stereocenters. The first-order valence-corrected chi connectivity index (χ1v) is 5.78. The van der Waals surface area contributed by atoms with Crippen LogP contribution in [0.5, 0.6) is 5.75 Å². The Kier molecular flexibility index (Phi) is 2.51. The Labute approximate surface area is 91.9 Å². The lowest BCUT2D eigenvalue weighted by atomic mass is 10.2. The molecule has 0 spiro atoms. The summed E-state index contributed by atoms with van der Waals surface area (Å²) in [7, 11) is -3.28. The highest BCUT2D eigenvalue weighted by Gasteiger charge is 2.14. The molecule has 0 aliphatic heterocycles. The summed E-state index contributed by atoms with van der Waals surface area (Å²) in [5, 5.41) is 0.126. The van der Waals surface area contributed by atoms with Crippen LogP contribution in [-0.2, 0) is 10.2 Å². The maximum absolute atomic E-state index is 12.7. The molecule has 2 aromatic rings. The zero-order chi connectivity index (χ0) is 11.8. The molecule has 0 unspecified atom stereocenters. The summed E-state index contributed by atoms with van der Waals surface area (Å²) in [5.74, 6) is 0.536. The number of fused-ring (bicyclic) bond motifs is 1. The van der Waals surface area contributed by atoms with Crippen molar-refractivity contribution in [1.29, 1.82) is 0 Å². The maximum atomic E-state index is 12.7. The van der Waals surface area contributed by atoms with Crippen LogP contribution in [-0.4, -0.2) is 20.5 Å². The van der Waals surface area contributed by atoms with Gasteiger partial charge in [0, 0.05) is 11.5 Å². The van der Waals surface area contributed by atoms with Gasteiger partial charge in [-0.2, -0.15) is 8.42 Å². The lowest BCUT2D eigenvalue weighted by Gasteiger charge is -2.02. The molecule has 0 radical (unpaired) electrons. The first-order chi connectivity index (χ1) is 7.50. The maximum Gasteiger partial charge on any atom is 0.349 e. The molecule has 0 saturated heterocycles. The number of benzene rings is 1. The van der Waals surface area contributed by atoms with E-state index in [4.69, 9.17) is 4.74 Å². The molecule has 0 saturated carbocycles. The van der Waals surface area contributed by atoms with Gasteiger partial charge in [-0.1, -0.05) is 3.89 Å². The minimum Gasteiger partial charge on any atom is -0.497 e. The Morgan fingerprint density at radius 1 is 1.25 bits per heavy atom. The van der Waals surface area contributed by atoms with Crippen LogP contribution in [0.1, 0.15) is 0 Å². The average molecular weight is 241 g/mol.